The van der Waals surface area contributed by atoms with Crippen LogP contribution in [0.4, 0.5) is 8.78 Å². The second-order valence-electron chi connectivity index (χ2n) is 2.34. The van der Waals surface area contributed by atoms with Crippen molar-refractivity contribution in [2.45, 2.75) is 6.42 Å². The van der Waals surface area contributed by atoms with Crippen LogP contribution in [0.2, 0.25) is 0 Å². The maximum absolute atomic E-state index is 12.6. The highest BCUT2D eigenvalue weighted by Crippen LogP contribution is 2.03. The average molecular weight is 182 g/mol. The minimum Gasteiger partial charge on any atom is -0.330 e. The molecular weight excluding hydrogens is 174 g/mol. The van der Waals surface area contributed by atoms with Crippen molar-refractivity contribution in [2.24, 2.45) is 5.73 Å². The summed E-state index contributed by atoms with van der Waals surface area (Å²) in [5.74, 6) is 3.21. The Balaban J connectivity index is 2.81. The molecule has 0 saturated carbocycles. The van der Waals surface area contributed by atoms with E-state index in [4.69, 9.17) is 5.73 Å². The molecule has 0 atom stereocenters. The largest absolute Gasteiger partial charge is 0.330 e. The third-order valence-corrected chi connectivity index (χ3v) is 1.30. The highest BCUT2D eigenvalue weighted by atomic mass is 19.2. The van der Waals surface area contributed by atoms with Crippen molar-refractivity contribution in [1.29, 1.82) is 0 Å². The number of aromatic nitrogens is 1. The van der Waals surface area contributed by atoms with Crippen LogP contribution in [0, 0.1) is 23.6 Å². The molecule has 1 rings (SSSR count). The van der Waals surface area contributed by atoms with E-state index < -0.39 is 11.8 Å². The standard InChI is InChI=1S/C9H8F2N2/c10-8-5-7(3-1-2-4-12)6-13-9(8)11/h5-6H,2,4,12H2. The second kappa shape index (κ2) is 4.53. The first-order chi connectivity index (χ1) is 6.24. The van der Waals surface area contributed by atoms with Crippen LogP contribution in [0.5, 0.6) is 0 Å². The normalized spacial score (nSPS) is 9.15. The molecule has 2 nitrogen and oxygen atoms in total. The van der Waals surface area contributed by atoms with E-state index in [0.717, 1.165) is 6.07 Å². The van der Waals surface area contributed by atoms with Crippen LogP contribution in [-0.4, -0.2) is 11.5 Å². The Morgan fingerprint density at radius 2 is 2.23 bits per heavy atom. The van der Waals surface area contributed by atoms with Gasteiger partial charge in [0.15, 0.2) is 5.82 Å². The van der Waals surface area contributed by atoms with E-state index in [2.05, 4.69) is 16.8 Å². The van der Waals surface area contributed by atoms with Crippen molar-refractivity contribution >= 4 is 0 Å². The molecule has 1 aromatic heterocycles. The number of hydrogen-bond acceptors (Lipinski definition) is 2. The lowest BCUT2D eigenvalue weighted by atomic mass is 10.2. The first kappa shape index (κ1) is 9.62. The molecule has 0 bridgehead atoms. The van der Waals surface area contributed by atoms with Crippen LogP contribution in [-0.2, 0) is 0 Å². The topological polar surface area (TPSA) is 38.9 Å². The Morgan fingerprint density at radius 1 is 1.46 bits per heavy atom. The number of nitrogens with two attached hydrogens (primary N) is 1. The first-order valence-corrected chi connectivity index (χ1v) is 3.74. The van der Waals surface area contributed by atoms with Crippen molar-refractivity contribution in [1.82, 2.24) is 4.98 Å². The fourth-order valence-electron chi connectivity index (χ4n) is 0.726. The summed E-state index contributed by atoms with van der Waals surface area (Å²) in [6.45, 7) is 0.449. The predicted octanol–water partition coefficient (Wildman–Crippen LogP) is 1.06. The van der Waals surface area contributed by atoms with Gasteiger partial charge >= 0.3 is 0 Å². The lowest BCUT2D eigenvalue weighted by Crippen LogP contribution is -1.95. The minimum absolute atomic E-state index is 0.354. The Bertz CT molecular complexity index is 352. The molecule has 0 aliphatic rings. The molecule has 0 radical (unpaired) electrons. The van der Waals surface area contributed by atoms with Crippen LogP contribution in [0.15, 0.2) is 12.3 Å². The molecule has 0 aliphatic heterocycles. The van der Waals surface area contributed by atoms with Crippen LogP contribution in [0.25, 0.3) is 0 Å². The van der Waals surface area contributed by atoms with Gasteiger partial charge in [-0.3, -0.25) is 0 Å². The molecule has 68 valence electrons. The van der Waals surface area contributed by atoms with E-state index in [9.17, 15) is 8.78 Å². The summed E-state index contributed by atoms with van der Waals surface area (Å²) < 4.78 is 24.9. The van der Waals surface area contributed by atoms with E-state index in [0.29, 0.717) is 18.5 Å². The molecule has 13 heavy (non-hydrogen) atoms. The summed E-state index contributed by atoms with van der Waals surface area (Å²) in [5, 5.41) is 0. The summed E-state index contributed by atoms with van der Waals surface area (Å²) in [4.78, 5) is 3.18. The van der Waals surface area contributed by atoms with Gasteiger partial charge in [-0.15, -0.1) is 0 Å². The van der Waals surface area contributed by atoms with E-state index in [1.807, 2.05) is 0 Å². The molecule has 0 spiro atoms. The third-order valence-electron chi connectivity index (χ3n) is 1.30. The summed E-state index contributed by atoms with van der Waals surface area (Å²) >= 11 is 0. The van der Waals surface area contributed by atoms with E-state index in [1.165, 1.54) is 6.20 Å². The van der Waals surface area contributed by atoms with Crippen molar-refractivity contribution in [2.75, 3.05) is 6.54 Å². The number of halogens is 2. The van der Waals surface area contributed by atoms with Gasteiger partial charge in [0.05, 0.1) is 0 Å². The van der Waals surface area contributed by atoms with Gasteiger partial charge < -0.3 is 5.73 Å². The second-order valence-corrected chi connectivity index (χ2v) is 2.34. The van der Waals surface area contributed by atoms with Gasteiger partial charge in [-0.1, -0.05) is 11.8 Å². The monoisotopic (exact) mass is 182 g/mol. The van der Waals surface area contributed by atoms with Gasteiger partial charge in [0.25, 0.3) is 0 Å². The highest BCUT2D eigenvalue weighted by molar-refractivity contribution is 5.31. The molecular formula is C9H8F2N2. The van der Waals surface area contributed by atoms with Gasteiger partial charge in [0, 0.05) is 24.7 Å². The van der Waals surface area contributed by atoms with Gasteiger partial charge in [-0.25, -0.2) is 9.37 Å². The summed E-state index contributed by atoms with van der Waals surface area (Å²) in [5.41, 5.74) is 5.55. The SMILES string of the molecule is NCCC#Cc1cnc(F)c(F)c1. The quantitative estimate of drug-likeness (QED) is 0.521. The molecule has 0 saturated heterocycles. The van der Waals surface area contributed by atoms with Gasteiger partial charge in [0.1, 0.15) is 0 Å². The lowest BCUT2D eigenvalue weighted by molar-refractivity contribution is 0.479. The zero-order valence-electron chi connectivity index (χ0n) is 6.85. The highest BCUT2D eigenvalue weighted by Gasteiger charge is 2.01. The molecule has 4 heteroatoms. The summed E-state index contributed by atoms with van der Waals surface area (Å²) in [7, 11) is 0. The maximum atomic E-state index is 12.6. The number of nitrogens with zero attached hydrogens (tertiary/aromatic N) is 1. The fourth-order valence-corrected chi connectivity index (χ4v) is 0.726. The van der Waals surface area contributed by atoms with E-state index in [1.54, 1.807) is 0 Å². The van der Waals surface area contributed by atoms with E-state index >= 15 is 0 Å². The molecule has 1 heterocycles. The minimum atomic E-state index is -1.11. The third kappa shape index (κ3) is 2.80. The Labute approximate surface area is 74.8 Å². The zero-order chi connectivity index (χ0) is 9.68. The smallest absolute Gasteiger partial charge is 0.248 e. The van der Waals surface area contributed by atoms with Crippen LogP contribution in [0.3, 0.4) is 0 Å². The molecule has 0 aromatic carbocycles. The average Bonchev–Trinajstić information content (AvgIpc) is 2.12. The van der Waals surface area contributed by atoms with Crippen molar-refractivity contribution in [3.8, 4) is 11.8 Å². The number of pyridine rings is 1. The van der Waals surface area contributed by atoms with Gasteiger partial charge in [-0.2, -0.15) is 4.39 Å². The van der Waals surface area contributed by atoms with Crippen molar-refractivity contribution in [3.05, 3.63) is 29.6 Å². The van der Waals surface area contributed by atoms with Crippen LogP contribution in [0.1, 0.15) is 12.0 Å². The zero-order valence-corrected chi connectivity index (χ0v) is 6.85. The van der Waals surface area contributed by atoms with Crippen molar-refractivity contribution in [3.63, 3.8) is 0 Å². The molecule has 0 aliphatic carbocycles. The molecule has 0 fully saturated rings. The summed E-state index contributed by atoms with van der Waals surface area (Å²) in [6, 6.07) is 1.01. The van der Waals surface area contributed by atoms with Gasteiger partial charge in [0.2, 0.25) is 5.95 Å². The Morgan fingerprint density at radius 3 is 2.85 bits per heavy atom. The van der Waals surface area contributed by atoms with E-state index in [-0.39, 0.29) is 0 Å². The Hall–Kier alpha value is -1.47. The van der Waals surface area contributed by atoms with Gasteiger partial charge in [-0.05, 0) is 6.07 Å². The Kier molecular flexibility index (Phi) is 3.35. The fraction of sp³-hybridized carbons (Fsp3) is 0.222. The summed E-state index contributed by atoms with van der Waals surface area (Å²) in [6.07, 6.45) is 1.71. The molecule has 1 aromatic rings. The van der Waals surface area contributed by atoms with Crippen LogP contribution >= 0.6 is 0 Å². The molecule has 2 N–H and O–H groups in total. The predicted molar refractivity (Wildman–Crippen MR) is 44.7 cm³/mol. The van der Waals surface area contributed by atoms with Crippen molar-refractivity contribution < 1.29 is 8.78 Å². The van der Waals surface area contributed by atoms with Crippen LogP contribution < -0.4 is 5.73 Å². The lowest BCUT2D eigenvalue weighted by Gasteiger charge is -1.91. The first-order valence-electron chi connectivity index (χ1n) is 3.74. The number of rotatable bonds is 1. The molecule has 0 amide bonds. The molecule has 0 unspecified atom stereocenters. The number of hydrogen-bond donors (Lipinski definition) is 1. The maximum Gasteiger partial charge on any atom is 0.248 e.